The number of carbonyl (C=O) groups is 1. The maximum atomic E-state index is 12.8. The summed E-state index contributed by atoms with van der Waals surface area (Å²) in [5.41, 5.74) is -1.99. The average Bonchev–Trinajstić information content (AvgIpc) is 2.44. The van der Waals surface area contributed by atoms with Gasteiger partial charge in [0.2, 0.25) is 5.54 Å². The molecule has 0 fully saturated rings. The van der Waals surface area contributed by atoms with E-state index in [2.05, 4.69) is 5.87 Å². The lowest BCUT2D eigenvalue weighted by Gasteiger charge is -2.35. The summed E-state index contributed by atoms with van der Waals surface area (Å²) in [4.78, 5) is 11.8. The highest BCUT2D eigenvalue weighted by molar-refractivity contribution is 7.98. The minimum absolute atomic E-state index is 0.125. The predicted molar refractivity (Wildman–Crippen MR) is 84.7 cm³/mol. The number of halogens is 6. The average molecular weight is 405 g/mol. The van der Waals surface area contributed by atoms with E-state index >= 15 is 0 Å². The fraction of sp³-hybridized carbons (Fsp3) is 0.429. The third-order valence-electron chi connectivity index (χ3n) is 3.59. The second-order valence-corrected chi connectivity index (χ2v) is 7.94. The molecule has 0 radical (unpaired) electrons. The summed E-state index contributed by atoms with van der Waals surface area (Å²) >= 11 is 0. The highest BCUT2D eigenvalue weighted by Crippen LogP contribution is 2.42. The Morgan fingerprint density at radius 3 is 1.88 bits per heavy atom. The van der Waals surface area contributed by atoms with Gasteiger partial charge in [0.25, 0.3) is 0 Å². The van der Waals surface area contributed by atoms with Gasteiger partial charge in [-0.1, -0.05) is 17.7 Å². The maximum Gasteiger partial charge on any atom is 0.420 e. The van der Waals surface area contributed by atoms with E-state index in [1.165, 1.54) is 12.1 Å². The second-order valence-electron chi connectivity index (χ2n) is 5.64. The number of aryl methyl sites for hydroxylation is 1. The Labute approximate surface area is 146 Å². The number of carbonyl (C=O) groups excluding carboxylic acids is 1. The molecular formula is C14H17F6N3O2S. The molecule has 0 saturated carbocycles. The number of urea groups is 1. The van der Waals surface area contributed by atoms with Crippen molar-refractivity contribution in [3.05, 3.63) is 29.8 Å². The highest BCUT2D eigenvalue weighted by atomic mass is 32.2. The molecule has 0 saturated heterocycles. The number of amides is 2. The van der Waals surface area contributed by atoms with Crippen molar-refractivity contribution in [2.75, 3.05) is 7.05 Å². The Morgan fingerprint density at radius 1 is 1.08 bits per heavy atom. The molecule has 2 N–H and O–H groups in total. The summed E-state index contributed by atoms with van der Waals surface area (Å²) in [6.45, 7) is 1.53. The topological polar surface area (TPSA) is 61.4 Å². The van der Waals surface area contributed by atoms with Crippen molar-refractivity contribution in [1.29, 1.82) is 0 Å². The molecule has 5 nitrogen and oxygen atoms in total. The zero-order valence-corrected chi connectivity index (χ0v) is 14.8. The molecule has 0 bridgehead atoms. The van der Waals surface area contributed by atoms with Gasteiger partial charge in [0.1, 0.15) is 0 Å². The number of hydrogen-bond acceptors (Lipinski definition) is 2. The van der Waals surface area contributed by atoms with Crippen LogP contribution in [-0.2, 0) is 9.71 Å². The monoisotopic (exact) mass is 405 g/mol. The summed E-state index contributed by atoms with van der Waals surface area (Å²) in [6.07, 6.45) is -11.6. The number of alkyl halides is 6. The van der Waals surface area contributed by atoms with E-state index in [-0.39, 0.29) is 11.8 Å². The smallest absolute Gasteiger partial charge is 0.315 e. The summed E-state index contributed by atoms with van der Waals surface area (Å²) < 4.78 is 89.9. The molecule has 2 amide bonds. The van der Waals surface area contributed by atoms with Crippen molar-refractivity contribution >= 4 is 21.6 Å². The van der Waals surface area contributed by atoms with Gasteiger partial charge >= 0.3 is 18.4 Å². The van der Waals surface area contributed by atoms with Gasteiger partial charge in [0.15, 0.2) is 0 Å². The van der Waals surface area contributed by atoms with Crippen LogP contribution in [0.2, 0.25) is 0 Å². The number of hydrazine groups is 1. The molecule has 148 valence electrons. The van der Waals surface area contributed by atoms with Crippen molar-refractivity contribution in [1.82, 2.24) is 15.2 Å². The summed E-state index contributed by atoms with van der Waals surface area (Å²) in [5.74, 6) is 3.38. The van der Waals surface area contributed by atoms with Crippen LogP contribution in [0.25, 0.3) is 0 Å². The lowest BCUT2D eigenvalue weighted by molar-refractivity contribution is -0.297. The SMILES string of the molecule is C=S(=O)(c1ccc(C)cc1)N(C)NC(=O)NC(C)(C(F)(F)F)C(F)(F)F. The molecule has 1 aromatic carbocycles. The molecule has 0 heterocycles. The molecule has 0 aliphatic rings. The van der Waals surface area contributed by atoms with Gasteiger partial charge in [0.05, 0.1) is 9.71 Å². The molecule has 1 aromatic rings. The first-order valence-corrected chi connectivity index (χ1v) is 8.61. The van der Waals surface area contributed by atoms with Crippen LogP contribution in [0.4, 0.5) is 31.1 Å². The normalized spacial score (nSPS) is 15.5. The number of hydrogen-bond donors (Lipinski definition) is 2. The Balaban J connectivity index is 3.01. The second kappa shape index (κ2) is 6.99. The molecule has 0 aromatic heterocycles. The van der Waals surface area contributed by atoms with E-state index < -0.39 is 33.6 Å². The first-order valence-electron chi connectivity index (χ1n) is 6.92. The van der Waals surface area contributed by atoms with E-state index in [4.69, 9.17) is 0 Å². The molecular weight excluding hydrogens is 388 g/mol. The van der Waals surface area contributed by atoms with Crippen molar-refractivity contribution in [2.45, 2.75) is 36.6 Å². The van der Waals surface area contributed by atoms with Crippen LogP contribution in [0.15, 0.2) is 29.2 Å². The van der Waals surface area contributed by atoms with E-state index in [0.717, 1.165) is 17.9 Å². The third-order valence-corrected chi connectivity index (χ3v) is 5.57. The Kier molecular flexibility index (Phi) is 5.94. The van der Waals surface area contributed by atoms with Gasteiger partial charge in [-0.05, 0) is 31.9 Å². The zero-order chi connectivity index (χ0) is 20.6. The maximum absolute atomic E-state index is 12.8. The van der Waals surface area contributed by atoms with Gasteiger partial charge in [-0.25, -0.2) is 9.00 Å². The van der Waals surface area contributed by atoms with Crippen LogP contribution in [0.1, 0.15) is 12.5 Å². The summed E-state index contributed by atoms with van der Waals surface area (Å²) in [7, 11) is -2.37. The van der Waals surface area contributed by atoms with Crippen molar-refractivity contribution in [3.63, 3.8) is 0 Å². The zero-order valence-electron chi connectivity index (χ0n) is 14.0. The van der Waals surface area contributed by atoms with Gasteiger partial charge in [-0.2, -0.15) is 26.3 Å². The fourth-order valence-corrected chi connectivity index (χ4v) is 2.79. The minimum Gasteiger partial charge on any atom is -0.315 e. The lowest BCUT2D eigenvalue weighted by Crippen LogP contribution is -2.67. The number of benzene rings is 1. The summed E-state index contributed by atoms with van der Waals surface area (Å²) in [5, 5.41) is 0.842. The summed E-state index contributed by atoms with van der Waals surface area (Å²) in [6, 6.07) is 4.15. The van der Waals surface area contributed by atoms with E-state index in [0.29, 0.717) is 4.41 Å². The molecule has 1 unspecified atom stereocenters. The predicted octanol–water partition coefficient (Wildman–Crippen LogP) is 3.01. The lowest BCUT2D eigenvalue weighted by atomic mass is 10.0. The minimum atomic E-state index is -5.80. The highest BCUT2D eigenvalue weighted by Gasteiger charge is 2.68. The van der Waals surface area contributed by atoms with E-state index in [9.17, 15) is 35.3 Å². The van der Waals surface area contributed by atoms with Crippen LogP contribution < -0.4 is 10.7 Å². The molecule has 0 spiro atoms. The molecule has 0 aliphatic carbocycles. The third kappa shape index (κ3) is 4.41. The Morgan fingerprint density at radius 2 is 1.50 bits per heavy atom. The number of rotatable bonds is 4. The molecule has 1 atom stereocenters. The first-order chi connectivity index (χ1) is 11.5. The van der Waals surface area contributed by atoms with E-state index in [1.54, 1.807) is 24.5 Å². The number of nitrogens with zero attached hydrogens (tertiary/aromatic N) is 1. The van der Waals surface area contributed by atoms with Crippen LogP contribution in [0.3, 0.4) is 0 Å². The molecule has 0 aliphatic heterocycles. The van der Waals surface area contributed by atoms with Gasteiger partial charge < -0.3 is 5.32 Å². The first kappa shape index (κ1) is 22.1. The number of nitrogens with one attached hydrogen (secondary N) is 2. The van der Waals surface area contributed by atoms with Crippen molar-refractivity contribution in [3.8, 4) is 0 Å². The van der Waals surface area contributed by atoms with Gasteiger partial charge in [-0.3, -0.25) is 5.43 Å². The van der Waals surface area contributed by atoms with Crippen LogP contribution in [0.5, 0.6) is 0 Å². The largest absolute Gasteiger partial charge is 0.420 e. The quantitative estimate of drug-likeness (QED) is 0.460. The molecule has 12 heteroatoms. The fourth-order valence-electron chi connectivity index (χ4n) is 1.68. The van der Waals surface area contributed by atoms with Crippen molar-refractivity contribution < 1.29 is 35.3 Å². The Hall–Kier alpha value is -1.95. The van der Waals surface area contributed by atoms with Crippen LogP contribution >= 0.6 is 0 Å². The van der Waals surface area contributed by atoms with E-state index in [1.807, 2.05) is 0 Å². The Bertz CT molecular complexity index is 742. The van der Waals surface area contributed by atoms with Gasteiger partial charge in [0, 0.05) is 11.9 Å². The standard InChI is InChI=1S/C14H17F6N3O2S/c1-9-5-7-10(8-6-9)26(4,25)23(3)22-11(24)21-12(2,13(15,16)17)14(18,19)20/h5-8H,4H2,1-3H3,(H2,21,22,24). The molecule has 1 rings (SSSR count). The molecule has 26 heavy (non-hydrogen) atoms. The van der Waals surface area contributed by atoms with Crippen LogP contribution in [0, 0.1) is 6.92 Å². The van der Waals surface area contributed by atoms with Crippen molar-refractivity contribution in [2.24, 2.45) is 0 Å². The van der Waals surface area contributed by atoms with Gasteiger partial charge in [-0.15, -0.1) is 4.41 Å². The van der Waals surface area contributed by atoms with Crippen LogP contribution in [-0.4, -0.2) is 45.5 Å².